The van der Waals surface area contributed by atoms with Gasteiger partial charge >= 0.3 is 17.9 Å². The number of allylic oxidation sites excluding steroid dienone is 8. The maximum absolute atomic E-state index is 12.8. The fourth-order valence-electron chi connectivity index (χ4n) is 8.02. The van der Waals surface area contributed by atoms with Gasteiger partial charge in [-0.05, 0) is 77.0 Å². The normalized spacial score (nSPS) is 12.4. The molecule has 6 nitrogen and oxygen atoms in total. The van der Waals surface area contributed by atoms with Crippen LogP contribution in [0.1, 0.15) is 290 Å². The Hall–Kier alpha value is -2.63. The van der Waals surface area contributed by atoms with E-state index in [9.17, 15) is 14.4 Å². The molecule has 0 aromatic carbocycles. The Balaban J connectivity index is 4.37. The minimum atomic E-state index is -0.784. The summed E-state index contributed by atoms with van der Waals surface area (Å²) in [4.78, 5) is 38.1. The summed E-state index contributed by atoms with van der Waals surface area (Å²) in [6.45, 7) is 6.58. The molecule has 0 saturated heterocycles. The fraction of sp³-hybridized carbons (Fsp3) is 0.814. The predicted molar refractivity (Wildman–Crippen MR) is 279 cm³/mol. The van der Waals surface area contributed by atoms with Crippen LogP contribution in [-0.4, -0.2) is 37.2 Å². The first-order chi connectivity index (χ1) is 32.0. The van der Waals surface area contributed by atoms with Crippen LogP contribution in [0.4, 0.5) is 0 Å². The van der Waals surface area contributed by atoms with E-state index in [-0.39, 0.29) is 31.1 Å². The molecule has 0 radical (unpaired) electrons. The summed E-state index contributed by atoms with van der Waals surface area (Å²) in [5.41, 5.74) is 0. The summed E-state index contributed by atoms with van der Waals surface area (Å²) in [7, 11) is 0. The van der Waals surface area contributed by atoms with Crippen LogP contribution < -0.4 is 0 Å². The highest BCUT2D eigenvalue weighted by Crippen LogP contribution is 2.16. The number of hydrogen-bond donors (Lipinski definition) is 0. The Morgan fingerprint density at radius 2 is 0.569 bits per heavy atom. The van der Waals surface area contributed by atoms with E-state index in [1.165, 1.54) is 148 Å². The maximum atomic E-state index is 12.8. The molecule has 0 heterocycles. The molecule has 0 amide bonds. The predicted octanol–water partition coefficient (Wildman–Crippen LogP) is 18.7. The number of ether oxygens (including phenoxy) is 3. The minimum absolute atomic E-state index is 0.0807. The summed E-state index contributed by atoms with van der Waals surface area (Å²) in [5, 5.41) is 0. The standard InChI is InChI=1S/C59H106O6/c1-4-7-10-13-16-19-22-25-28-29-30-32-34-37-40-43-46-49-52-58(61)64-55-56(54-63-57(60)51-48-45-42-39-36-33-27-24-21-18-15-12-9-6-3)65-59(62)53-50-47-44-41-38-35-31-26-23-20-17-14-11-8-5-2/h15,17-18,20,24,26-27,31,56H,4-14,16,19,21-23,25,28-30,32-55H2,1-3H3/b18-15-,20-17-,27-24-,31-26-. The molecule has 0 aliphatic carbocycles. The molecule has 1 atom stereocenters. The van der Waals surface area contributed by atoms with Crippen LogP contribution in [0.15, 0.2) is 48.6 Å². The van der Waals surface area contributed by atoms with Crippen molar-refractivity contribution < 1.29 is 28.6 Å². The Labute approximate surface area is 403 Å². The zero-order valence-electron chi connectivity index (χ0n) is 43.3. The van der Waals surface area contributed by atoms with E-state index in [1.54, 1.807) is 0 Å². The van der Waals surface area contributed by atoms with Crippen LogP contribution in [0, 0.1) is 0 Å². The number of esters is 3. The van der Waals surface area contributed by atoms with E-state index in [4.69, 9.17) is 14.2 Å². The molecule has 1 unspecified atom stereocenters. The third-order valence-corrected chi connectivity index (χ3v) is 12.3. The molecule has 0 fully saturated rings. The highest BCUT2D eigenvalue weighted by atomic mass is 16.6. The Morgan fingerprint density at radius 1 is 0.308 bits per heavy atom. The van der Waals surface area contributed by atoms with Gasteiger partial charge in [0.25, 0.3) is 0 Å². The number of unbranched alkanes of at least 4 members (excludes halogenated alkanes) is 32. The molecule has 0 bridgehead atoms. The van der Waals surface area contributed by atoms with Gasteiger partial charge in [-0.25, -0.2) is 0 Å². The quantitative estimate of drug-likeness (QED) is 0.0262. The van der Waals surface area contributed by atoms with Crippen LogP contribution in [0.5, 0.6) is 0 Å². The SMILES string of the molecule is CCCC/C=C\C/C=C\CCCCCCCC(=O)OCC(COC(=O)CCCCCCCCCCCCCCCCCCCC)OC(=O)CCCCCCC/C=C\C/C=C\CCCCC. The van der Waals surface area contributed by atoms with Gasteiger partial charge in [0, 0.05) is 19.3 Å². The average molecular weight is 911 g/mol. The molecule has 0 aromatic heterocycles. The largest absolute Gasteiger partial charge is 0.462 e. The number of carbonyl (C=O) groups excluding carboxylic acids is 3. The van der Waals surface area contributed by atoms with Crippen LogP contribution in [0.25, 0.3) is 0 Å². The van der Waals surface area contributed by atoms with Crippen LogP contribution in [-0.2, 0) is 28.6 Å². The minimum Gasteiger partial charge on any atom is -0.462 e. The van der Waals surface area contributed by atoms with Crippen molar-refractivity contribution in [1.29, 1.82) is 0 Å². The van der Waals surface area contributed by atoms with Crippen molar-refractivity contribution in [2.45, 2.75) is 297 Å². The monoisotopic (exact) mass is 911 g/mol. The Morgan fingerprint density at radius 3 is 0.923 bits per heavy atom. The van der Waals surface area contributed by atoms with Crippen LogP contribution in [0.2, 0.25) is 0 Å². The molecule has 378 valence electrons. The topological polar surface area (TPSA) is 78.9 Å². The van der Waals surface area contributed by atoms with Crippen molar-refractivity contribution in [2.24, 2.45) is 0 Å². The molecular weight excluding hydrogens is 805 g/mol. The molecule has 0 aliphatic heterocycles. The zero-order chi connectivity index (χ0) is 47.2. The highest BCUT2D eigenvalue weighted by molar-refractivity contribution is 5.71. The van der Waals surface area contributed by atoms with Gasteiger partial charge < -0.3 is 14.2 Å². The number of hydrogen-bond acceptors (Lipinski definition) is 6. The first-order valence-corrected chi connectivity index (χ1v) is 28.1. The van der Waals surface area contributed by atoms with Crippen molar-refractivity contribution in [3.8, 4) is 0 Å². The van der Waals surface area contributed by atoms with E-state index in [0.717, 1.165) is 103 Å². The maximum Gasteiger partial charge on any atom is 0.306 e. The van der Waals surface area contributed by atoms with E-state index in [1.807, 2.05) is 0 Å². The Kier molecular flexibility index (Phi) is 51.8. The van der Waals surface area contributed by atoms with Gasteiger partial charge in [0.15, 0.2) is 6.10 Å². The first kappa shape index (κ1) is 62.4. The van der Waals surface area contributed by atoms with E-state index in [2.05, 4.69) is 69.4 Å². The second kappa shape index (κ2) is 54.0. The van der Waals surface area contributed by atoms with Crippen molar-refractivity contribution in [3.63, 3.8) is 0 Å². The fourth-order valence-corrected chi connectivity index (χ4v) is 8.02. The number of rotatable bonds is 51. The molecule has 0 saturated carbocycles. The van der Waals surface area contributed by atoms with E-state index in [0.29, 0.717) is 19.3 Å². The Bertz CT molecular complexity index is 1140. The van der Waals surface area contributed by atoms with Gasteiger partial charge in [-0.2, -0.15) is 0 Å². The van der Waals surface area contributed by atoms with Gasteiger partial charge in [0.1, 0.15) is 13.2 Å². The second-order valence-electron chi connectivity index (χ2n) is 18.8. The summed E-state index contributed by atoms with van der Waals surface area (Å²) in [6.07, 6.45) is 65.2. The van der Waals surface area contributed by atoms with Crippen molar-refractivity contribution in [3.05, 3.63) is 48.6 Å². The van der Waals surface area contributed by atoms with E-state index >= 15 is 0 Å². The van der Waals surface area contributed by atoms with Crippen LogP contribution >= 0.6 is 0 Å². The summed E-state index contributed by atoms with van der Waals surface area (Å²) < 4.78 is 16.8. The lowest BCUT2D eigenvalue weighted by Crippen LogP contribution is -2.30. The summed E-state index contributed by atoms with van der Waals surface area (Å²) in [6, 6.07) is 0. The molecule has 0 rings (SSSR count). The van der Waals surface area contributed by atoms with Crippen LogP contribution in [0.3, 0.4) is 0 Å². The molecule has 0 aromatic rings. The zero-order valence-corrected chi connectivity index (χ0v) is 43.3. The molecular formula is C59H106O6. The van der Waals surface area contributed by atoms with Gasteiger partial charge in [-0.15, -0.1) is 0 Å². The van der Waals surface area contributed by atoms with Gasteiger partial charge in [-0.1, -0.05) is 243 Å². The molecule has 65 heavy (non-hydrogen) atoms. The number of carbonyl (C=O) groups is 3. The summed E-state index contributed by atoms with van der Waals surface area (Å²) >= 11 is 0. The molecule has 0 spiro atoms. The lowest BCUT2D eigenvalue weighted by molar-refractivity contribution is -0.167. The van der Waals surface area contributed by atoms with Gasteiger partial charge in [0.05, 0.1) is 0 Å². The van der Waals surface area contributed by atoms with Crippen molar-refractivity contribution >= 4 is 17.9 Å². The summed E-state index contributed by atoms with van der Waals surface area (Å²) in [5.74, 6) is -0.897. The third-order valence-electron chi connectivity index (χ3n) is 12.3. The lowest BCUT2D eigenvalue weighted by atomic mass is 10.0. The molecule has 0 N–H and O–H groups in total. The average Bonchev–Trinajstić information content (AvgIpc) is 3.30. The third kappa shape index (κ3) is 52.2. The molecule has 0 aliphatic rings. The van der Waals surface area contributed by atoms with Gasteiger partial charge in [-0.3, -0.25) is 14.4 Å². The lowest BCUT2D eigenvalue weighted by Gasteiger charge is -2.18. The first-order valence-electron chi connectivity index (χ1n) is 28.1. The van der Waals surface area contributed by atoms with Crippen molar-refractivity contribution in [1.82, 2.24) is 0 Å². The smallest absolute Gasteiger partial charge is 0.306 e. The molecule has 6 heteroatoms. The van der Waals surface area contributed by atoms with Gasteiger partial charge in [0.2, 0.25) is 0 Å². The highest BCUT2D eigenvalue weighted by Gasteiger charge is 2.19. The second-order valence-corrected chi connectivity index (χ2v) is 18.8. The van der Waals surface area contributed by atoms with Crippen molar-refractivity contribution in [2.75, 3.05) is 13.2 Å². The van der Waals surface area contributed by atoms with E-state index < -0.39 is 6.10 Å².